The molecule has 0 amide bonds. The molecule has 0 radical (unpaired) electrons. The summed E-state index contributed by atoms with van der Waals surface area (Å²) in [6, 6.07) is 0.463. The van der Waals surface area contributed by atoms with Crippen LogP contribution in [0.25, 0.3) is 0 Å². The summed E-state index contributed by atoms with van der Waals surface area (Å²) in [7, 11) is 5.50. The summed E-state index contributed by atoms with van der Waals surface area (Å²) in [4.78, 5) is 3.05. The number of likely N-dealkylation sites (N-methyl/N-ethyl adjacent to an activating group) is 1. The molecule has 3 N–H and O–H groups in total. The first kappa shape index (κ1) is 11.8. The van der Waals surface area contributed by atoms with Crippen molar-refractivity contribution in [1.82, 2.24) is 10.2 Å². The van der Waals surface area contributed by atoms with Crippen molar-refractivity contribution in [1.29, 1.82) is 0 Å². The number of rotatable bonds is 1. The Balaban J connectivity index is 0.000000561. The summed E-state index contributed by atoms with van der Waals surface area (Å²) < 4.78 is 0. The lowest BCUT2D eigenvalue weighted by atomic mass is 10.2. The molecule has 4 heteroatoms. The molecule has 12 heavy (non-hydrogen) atoms. The van der Waals surface area contributed by atoms with Gasteiger partial charge < -0.3 is 16.0 Å². The third kappa shape index (κ3) is 3.47. The van der Waals surface area contributed by atoms with Crippen LogP contribution < -0.4 is 11.1 Å². The second-order valence-corrected chi connectivity index (χ2v) is 3.30. The molecule has 1 heterocycles. The van der Waals surface area contributed by atoms with Crippen molar-refractivity contribution in [2.45, 2.75) is 18.9 Å². The highest BCUT2D eigenvalue weighted by atomic mass is 32.1. The van der Waals surface area contributed by atoms with Crippen LogP contribution in [0.4, 0.5) is 0 Å². The zero-order valence-corrected chi connectivity index (χ0v) is 8.95. The standard InChI is InChI=1S/C7H14N2S.CH5N/c1-9(2)7(10)6-4-3-5-8-6;1-2/h6,8H,3-5H2,1-2H3;2H2,1H3. The van der Waals surface area contributed by atoms with Gasteiger partial charge in [-0.1, -0.05) is 12.2 Å². The van der Waals surface area contributed by atoms with Crippen LogP contribution in [0.1, 0.15) is 12.8 Å². The van der Waals surface area contributed by atoms with E-state index in [1.165, 1.54) is 19.9 Å². The van der Waals surface area contributed by atoms with Crippen LogP contribution >= 0.6 is 12.2 Å². The molecule has 0 aromatic carbocycles. The maximum absolute atomic E-state index is 5.20. The topological polar surface area (TPSA) is 41.3 Å². The quantitative estimate of drug-likeness (QED) is 0.578. The van der Waals surface area contributed by atoms with E-state index in [-0.39, 0.29) is 0 Å². The minimum absolute atomic E-state index is 0.463. The summed E-state index contributed by atoms with van der Waals surface area (Å²) in [5.41, 5.74) is 4.50. The fourth-order valence-corrected chi connectivity index (χ4v) is 1.41. The molecule has 1 atom stereocenters. The number of thiocarbonyl (C=S) groups is 1. The van der Waals surface area contributed by atoms with Gasteiger partial charge >= 0.3 is 0 Å². The van der Waals surface area contributed by atoms with Crippen LogP contribution in [0.5, 0.6) is 0 Å². The smallest absolute Gasteiger partial charge is 0.0946 e. The predicted octanol–water partition coefficient (Wildman–Crippen LogP) is 0.202. The minimum Gasteiger partial charge on any atom is -0.371 e. The Morgan fingerprint density at radius 3 is 2.42 bits per heavy atom. The molecule has 0 aromatic rings. The Hall–Kier alpha value is -0.190. The van der Waals surface area contributed by atoms with E-state index in [1.807, 2.05) is 19.0 Å². The highest BCUT2D eigenvalue weighted by molar-refractivity contribution is 7.80. The highest BCUT2D eigenvalue weighted by Gasteiger charge is 2.19. The van der Waals surface area contributed by atoms with Crippen molar-refractivity contribution in [2.24, 2.45) is 5.73 Å². The first-order valence-electron chi connectivity index (χ1n) is 4.24. The zero-order valence-electron chi connectivity index (χ0n) is 8.13. The molecule has 0 aliphatic carbocycles. The zero-order chi connectivity index (χ0) is 9.56. The number of hydrogen-bond donors (Lipinski definition) is 2. The SMILES string of the molecule is CN.CN(C)C(=S)C1CCCN1. The van der Waals surface area contributed by atoms with Crippen LogP contribution in [-0.2, 0) is 0 Å². The van der Waals surface area contributed by atoms with E-state index in [2.05, 4.69) is 11.1 Å². The largest absolute Gasteiger partial charge is 0.371 e. The van der Waals surface area contributed by atoms with E-state index in [1.54, 1.807) is 0 Å². The molecule has 3 nitrogen and oxygen atoms in total. The second-order valence-electron chi connectivity index (χ2n) is 2.88. The van der Waals surface area contributed by atoms with E-state index >= 15 is 0 Å². The van der Waals surface area contributed by atoms with Crippen molar-refractivity contribution < 1.29 is 0 Å². The van der Waals surface area contributed by atoms with Crippen LogP contribution in [0.3, 0.4) is 0 Å². The number of nitrogens with zero attached hydrogens (tertiary/aromatic N) is 1. The van der Waals surface area contributed by atoms with E-state index < -0.39 is 0 Å². The van der Waals surface area contributed by atoms with Gasteiger partial charge in [-0.2, -0.15) is 0 Å². The summed E-state index contributed by atoms with van der Waals surface area (Å²) in [5, 5.41) is 3.35. The van der Waals surface area contributed by atoms with Gasteiger partial charge in [0.15, 0.2) is 0 Å². The fourth-order valence-electron chi connectivity index (χ4n) is 1.21. The van der Waals surface area contributed by atoms with Gasteiger partial charge in [-0.3, -0.25) is 0 Å². The first-order chi connectivity index (χ1) is 5.72. The van der Waals surface area contributed by atoms with Crippen molar-refractivity contribution >= 4 is 17.2 Å². The molecule has 1 fully saturated rings. The van der Waals surface area contributed by atoms with Gasteiger partial charge in [0.2, 0.25) is 0 Å². The van der Waals surface area contributed by atoms with Gasteiger partial charge in [-0.15, -0.1) is 0 Å². The number of hydrogen-bond acceptors (Lipinski definition) is 3. The molecular weight excluding hydrogens is 170 g/mol. The van der Waals surface area contributed by atoms with Crippen molar-refractivity contribution in [3.8, 4) is 0 Å². The Bertz CT molecular complexity index is 130. The molecule has 72 valence electrons. The lowest BCUT2D eigenvalue weighted by Gasteiger charge is -2.19. The van der Waals surface area contributed by atoms with Crippen LogP contribution in [0.2, 0.25) is 0 Å². The Kier molecular flexibility index (Phi) is 6.24. The van der Waals surface area contributed by atoms with Crippen molar-refractivity contribution in [3.05, 3.63) is 0 Å². The van der Waals surface area contributed by atoms with Gasteiger partial charge in [-0.05, 0) is 26.4 Å². The Labute approximate surface area is 80.3 Å². The average Bonchev–Trinajstić information content (AvgIpc) is 2.58. The van der Waals surface area contributed by atoms with Gasteiger partial charge in [-0.25, -0.2) is 0 Å². The van der Waals surface area contributed by atoms with Crippen molar-refractivity contribution in [2.75, 3.05) is 27.7 Å². The summed E-state index contributed by atoms with van der Waals surface area (Å²) in [6.07, 6.45) is 2.47. The third-order valence-electron chi connectivity index (χ3n) is 1.80. The molecule has 0 spiro atoms. The van der Waals surface area contributed by atoms with E-state index in [0.717, 1.165) is 11.5 Å². The summed E-state index contributed by atoms with van der Waals surface area (Å²) >= 11 is 5.20. The van der Waals surface area contributed by atoms with Crippen molar-refractivity contribution in [3.63, 3.8) is 0 Å². The van der Waals surface area contributed by atoms with E-state index in [4.69, 9.17) is 12.2 Å². The fraction of sp³-hybridized carbons (Fsp3) is 0.875. The average molecular weight is 189 g/mol. The lowest BCUT2D eigenvalue weighted by Crippen LogP contribution is -2.38. The maximum Gasteiger partial charge on any atom is 0.0946 e. The molecule has 0 bridgehead atoms. The normalized spacial score (nSPS) is 21.2. The van der Waals surface area contributed by atoms with Crippen LogP contribution in [0, 0.1) is 0 Å². The number of nitrogens with two attached hydrogens (primary N) is 1. The summed E-state index contributed by atoms with van der Waals surface area (Å²) in [5.74, 6) is 0. The molecule has 0 saturated carbocycles. The van der Waals surface area contributed by atoms with E-state index in [0.29, 0.717) is 6.04 Å². The van der Waals surface area contributed by atoms with Gasteiger partial charge in [0.1, 0.15) is 0 Å². The van der Waals surface area contributed by atoms with Gasteiger partial charge in [0.05, 0.1) is 11.0 Å². The molecule has 1 unspecified atom stereocenters. The Morgan fingerprint density at radius 2 is 2.08 bits per heavy atom. The molecule has 1 aliphatic heterocycles. The Morgan fingerprint density at radius 1 is 1.50 bits per heavy atom. The third-order valence-corrected chi connectivity index (χ3v) is 2.45. The van der Waals surface area contributed by atoms with Gasteiger partial charge in [0.25, 0.3) is 0 Å². The molecule has 0 aromatic heterocycles. The second kappa shape index (κ2) is 6.34. The van der Waals surface area contributed by atoms with E-state index in [9.17, 15) is 0 Å². The highest BCUT2D eigenvalue weighted by Crippen LogP contribution is 2.07. The van der Waals surface area contributed by atoms with Crippen LogP contribution in [-0.4, -0.2) is 43.6 Å². The molecular formula is C8H19N3S. The van der Waals surface area contributed by atoms with Gasteiger partial charge in [0, 0.05) is 14.1 Å². The number of nitrogens with one attached hydrogen (secondary N) is 1. The lowest BCUT2D eigenvalue weighted by molar-refractivity contribution is 0.583. The minimum atomic E-state index is 0.463. The summed E-state index contributed by atoms with van der Waals surface area (Å²) in [6.45, 7) is 1.12. The maximum atomic E-state index is 5.20. The molecule has 1 saturated heterocycles. The molecule has 1 aliphatic rings. The molecule has 1 rings (SSSR count). The monoisotopic (exact) mass is 189 g/mol. The predicted molar refractivity (Wildman–Crippen MR) is 57.4 cm³/mol. The first-order valence-corrected chi connectivity index (χ1v) is 4.65. The van der Waals surface area contributed by atoms with Crippen LogP contribution in [0.15, 0.2) is 0 Å².